The van der Waals surface area contributed by atoms with Gasteiger partial charge in [0.05, 0.1) is 29.0 Å². The highest BCUT2D eigenvalue weighted by atomic mass is 15.3. The van der Waals surface area contributed by atoms with Gasteiger partial charge in [-0.25, -0.2) is 9.67 Å². The quantitative estimate of drug-likeness (QED) is 0.563. The molecule has 136 valence electrons. The van der Waals surface area contributed by atoms with Crippen molar-refractivity contribution in [2.75, 3.05) is 5.32 Å². The third-order valence-corrected chi connectivity index (χ3v) is 4.68. The van der Waals surface area contributed by atoms with Crippen LogP contribution in [0.5, 0.6) is 0 Å². The first kappa shape index (κ1) is 17.0. The monoisotopic (exact) mass is 358 g/mol. The van der Waals surface area contributed by atoms with Gasteiger partial charge in [-0.1, -0.05) is 18.2 Å². The van der Waals surface area contributed by atoms with Gasteiger partial charge in [-0.05, 0) is 50.1 Å². The van der Waals surface area contributed by atoms with E-state index in [9.17, 15) is 0 Å². The molecular weight excluding hydrogens is 336 g/mol. The van der Waals surface area contributed by atoms with E-state index in [1.54, 1.807) is 12.4 Å². The van der Waals surface area contributed by atoms with Crippen molar-refractivity contribution in [3.05, 3.63) is 89.5 Å². The van der Waals surface area contributed by atoms with E-state index in [1.165, 1.54) is 11.1 Å². The number of nitrogens with one attached hydrogen (secondary N) is 2. The summed E-state index contributed by atoms with van der Waals surface area (Å²) in [5.41, 5.74) is 6.37. The van der Waals surface area contributed by atoms with Crippen molar-refractivity contribution >= 4 is 5.69 Å². The molecule has 2 N–H and O–H groups in total. The minimum atomic E-state index is -0.184. The maximum Gasteiger partial charge on any atom is 0.134 e. The molecule has 0 radical (unpaired) electrons. The Hall–Kier alpha value is -3.41. The van der Waals surface area contributed by atoms with Crippen LogP contribution < -0.4 is 5.32 Å². The lowest BCUT2D eigenvalue weighted by atomic mass is 10.1. The number of hydrogen-bond acceptors (Lipinski definition) is 4. The number of aromatic amines is 1. The number of anilines is 1. The largest absolute Gasteiger partial charge is 0.367 e. The van der Waals surface area contributed by atoms with Crippen molar-refractivity contribution in [2.45, 2.75) is 26.8 Å². The van der Waals surface area contributed by atoms with Crippen LogP contribution in [0.25, 0.3) is 5.69 Å². The van der Waals surface area contributed by atoms with Crippen molar-refractivity contribution < 1.29 is 0 Å². The molecule has 27 heavy (non-hydrogen) atoms. The second-order valence-corrected chi connectivity index (χ2v) is 6.65. The third kappa shape index (κ3) is 3.33. The maximum absolute atomic E-state index is 4.62. The van der Waals surface area contributed by atoms with Gasteiger partial charge < -0.3 is 10.3 Å². The zero-order chi connectivity index (χ0) is 18.8. The molecule has 0 fully saturated rings. The molecule has 1 unspecified atom stereocenters. The van der Waals surface area contributed by atoms with Crippen LogP contribution >= 0.6 is 0 Å². The molecule has 0 saturated carbocycles. The summed E-state index contributed by atoms with van der Waals surface area (Å²) >= 11 is 0. The molecule has 0 aliphatic heterocycles. The van der Waals surface area contributed by atoms with Gasteiger partial charge in [0.15, 0.2) is 0 Å². The van der Waals surface area contributed by atoms with Crippen LogP contribution in [0.3, 0.4) is 0 Å². The van der Waals surface area contributed by atoms with E-state index >= 15 is 0 Å². The second kappa shape index (κ2) is 7.07. The van der Waals surface area contributed by atoms with E-state index in [-0.39, 0.29) is 6.04 Å². The van der Waals surface area contributed by atoms with Gasteiger partial charge in [0, 0.05) is 18.6 Å². The molecular formula is C21H22N6. The van der Waals surface area contributed by atoms with Gasteiger partial charge >= 0.3 is 0 Å². The summed E-state index contributed by atoms with van der Waals surface area (Å²) in [5, 5.41) is 8.17. The predicted molar refractivity (Wildman–Crippen MR) is 106 cm³/mol. The van der Waals surface area contributed by atoms with Gasteiger partial charge in [-0.3, -0.25) is 4.98 Å². The summed E-state index contributed by atoms with van der Waals surface area (Å²) in [6.07, 6.45) is 7.22. The van der Waals surface area contributed by atoms with Crippen LogP contribution in [0.4, 0.5) is 5.69 Å². The van der Waals surface area contributed by atoms with Gasteiger partial charge in [0.1, 0.15) is 11.9 Å². The Morgan fingerprint density at radius 2 is 1.93 bits per heavy atom. The first-order valence-corrected chi connectivity index (χ1v) is 8.92. The molecule has 0 saturated heterocycles. The summed E-state index contributed by atoms with van der Waals surface area (Å²) in [6.45, 7) is 6.26. The van der Waals surface area contributed by atoms with Gasteiger partial charge in [-0.2, -0.15) is 5.10 Å². The van der Waals surface area contributed by atoms with Crippen molar-refractivity contribution in [3.8, 4) is 5.69 Å². The number of aryl methyl sites for hydroxylation is 2. The number of rotatable bonds is 5. The molecule has 3 heterocycles. The Labute approximate surface area is 158 Å². The molecule has 6 nitrogen and oxygen atoms in total. The average Bonchev–Trinajstić information content (AvgIpc) is 3.33. The SMILES string of the molecule is Cc1ccc(C)c(-n2ncc(NC(c3ccccn3)c3ncc[nH]3)c2C)c1. The highest BCUT2D eigenvalue weighted by Crippen LogP contribution is 2.27. The van der Waals surface area contributed by atoms with E-state index in [4.69, 9.17) is 0 Å². The Morgan fingerprint density at radius 1 is 1.04 bits per heavy atom. The smallest absolute Gasteiger partial charge is 0.134 e. The van der Waals surface area contributed by atoms with Crippen molar-refractivity contribution in [1.82, 2.24) is 24.7 Å². The highest BCUT2D eigenvalue weighted by molar-refractivity contribution is 5.53. The lowest BCUT2D eigenvalue weighted by Gasteiger charge is -2.17. The normalized spacial score (nSPS) is 12.1. The standard InChI is InChI=1S/C21H22N6/c1-14-7-8-15(2)19(12-14)27-16(3)18(13-25-27)26-20(21-23-10-11-24-21)17-6-4-5-9-22-17/h4-13,20,26H,1-3H3,(H,23,24). The number of benzene rings is 1. The van der Waals surface area contributed by atoms with Crippen molar-refractivity contribution in [2.24, 2.45) is 0 Å². The number of nitrogens with zero attached hydrogens (tertiary/aromatic N) is 4. The van der Waals surface area contributed by atoms with Gasteiger partial charge in [0.25, 0.3) is 0 Å². The van der Waals surface area contributed by atoms with Crippen LogP contribution in [0.2, 0.25) is 0 Å². The zero-order valence-electron chi connectivity index (χ0n) is 15.6. The lowest BCUT2D eigenvalue weighted by Crippen LogP contribution is -2.15. The van der Waals surface area contributed by atoms with Gasteiger partial charge in [-0.15, -0.1) is 0 Å². The van der Waals surface area contributed by atoms with Crippen LogP contribution in [0.1, 0.15) is 34.4 Å². The summed E-state index contributed by atoms with van der Waals surface area (Å²) in [6, 6.07) is 12.1. The first-order chi connectivity index (χ1) is 13.1. The van der Waals surface area contributed by atoms with Crippen molar-refractivity contribution in [3.63, 3.8) is 0 Å². The van der Waals surface area contributed by atoms with E-state index in [1.807, 2.05) is 35.3 Å². The molecule has 0 aliphatic rings. The van der Waals surface area contributed by atoms with Crippen molar-refractivity contribution in [1.29, 1.82) is 0 Å². The topological polar surface area (TPSA) is 71.4 Å². The summed E-state index contributed by atoms with van der Waals surface area (Å²) < 4.78 is 1.97. The zero-order valence-corrected chi connectivity index (χ0v) is 15.6. The Kier molecular flexibility index (Phi) is 4.46. The lowest BCUT2D eigenvalue weighted by molar-refractivity contribution is 0.814. The molecule has 3 aromatic heterocycles. The van der Waals surface area contributed by atoms with Crippen LogP contribution in [0, 0.1) is 20.8 Å². The number of pyridine rings is 1. The minimum absolute atomic E-state index is 0.184. The minimum Gasteiger partial charge on any atom is -0.367 e. The number of aromatic nitrogens is 5. The summed E-state index contributed by atoms with van der Waals surface area (Å²) in [5.74, 6) is 0.813. The predicted octanol–water partition coefficient (Wildman–Crippen LogP) is 4.12. The molecule has 4 rings (SSSR count). The third-order valence-electron chi connectivity index (χ3n) is 4.68. The first-order valence-electron chi connectivity index (χ1n) is 8.92. The number of imidazole rings is 1. The van der Waals surface area contributed by atoms with E-state index in [2.05, 4.69) is 64.3 Å². The van der Waals surface area contributed by atoms with E-state index < -0.39 is 0 Å². The molecule has 0 spiro atoms. The van der Waals surface area contributed by atoms with E-state index in [0.29, 0.717) is 0 Å². The number of hydrogen-bond donors (Lipinski definition) is 2. The molecule has 0 amide bonds. The fourth-order valence-electron chi connectivity index (χ4n) is 3.16. The fourth-order valence-corrected chi connectivity index (χ4v) is 3.16. The van der Waals surface area contributed by atoms with Crippen LogP contribution in [-0.4, -0.2) is 24.7 Å². The summed E-state index contributed by atoms with van der Waals surface area (Å²) in [7, 11) is 0. The maximum atomic E-state index is 4.62. The van der Waals surface area contributed by atoms with Gasteiger partial charge in [0.2, 0.25) is 0 Å². The highest BCUT2D eigenvalue weighted by Gasteiger charge is 2.20. The Morgan fingerprint density at radius 3 is 2.67 bits per heavy atom. The summed E-state index contributed by atoms with van der Waals surface area (Å²) in [4.78, 5) is 12.1. The fraction of sp³-hybridized carbons (Fsp3) is 0.190. The Balaban J connectivity index is 1.71. The van der Waals surface area contributed by atoms with Crippen LogP contribution in [-0.2, 0) is 0 Å². The second-order valence-electron chi connectivity index (χ2n) is 6.65. The average molecular weight is 358 g/mol. The molecule has 0 bridgehead atoms. The van der Waals surface area contributed by atoms with Crippen LogP contribution in [0.15, 0.2) is 61.2 Å². The Bertz CT molecular complexity index is 1030. The molecule has 4 aromatic rings. The molecule has 1 atom stereocenters. The van der Waals surface area contributed by atoms with E-state index in [0.717, 1.165) is 28.6 Å². The molecule has 6 heteroatoms. The molecule has 0 aliphatic carbocycles. The molecule has 1 aromatic carbocycles. The number of H-pyrrole nitrogens is 1.